The third kappa shape index (κ3) is 3.49. The molecule has 5 heteroatoms. The van der Waals surface area contributed by atoms with Gasteiger partial charge in [-0.05, 0) is 48.2 Å². The number of ether oxygens (including phenoxy) is 1. The van der Waals surface area contributed by atoms with Crippen LogP contribution in [0.5, 0.6) is 11.5 Å². The number of para-hydroxylation sites is 1. The van der Waals surface area contributed by atoms with Crippen molar-refractivity contribution in [3.05, 3.63) is 82.9 Å². The molecule has 1 aliphatic carbocycles. The number of aliphatic carboxylic acids is 1. The largest absolute Gasteiger partial charge is 0.480 e. The van der Waals surface area contributed by atoms with Gasteiger partial charge in [0, 0.05) is 22.6 Å². The van der Waals surface area contributed by atoms with E-state index in [2.05, 4.69) is 0 Å². The molecule has 1 atom stereocenters. The van der Waals surface area contributed by atoms with Crippen molar-refractivity contribution < 1.29 is 14.6 Å². The molecule has 1 unspecified atom stereocenters. The fourth-order valence-corrected chi connectivity index (χ4v) is 3.87. The highest BCUT2D eigenvalue weighted by molar-refractivity contribution is 6.33. The minimum Gasteiger partial charge on any atom is -0.480 e. The predicted octanol–water partition coefficient (Wildman–Crippen LogP) is 5.07. The molecule has 0 fully saturated rings. The Bertz CT molecular complexity index is 1050. The molecule has 0 heterocycles. The number of hydrogen-bond donors (Lipinski definition) is 2. The van der Waals surface area contributed by atoms with E-state index < -0.39 is 11.5 Å². The van der Waals surface area contributed by atoms with E-state index in [4.69, 9.17) is 22.1 Å². The van der Waals surface area contributed by atoms with Crippen LogP contribution in [0.15, 0.2) is 66.7 Å². The molecular formula is C23H20ClNO3. The first kappa shape index (κ1) is 18.5. The molecule has 28 heavy (non-hydrogen) atoms. The van der Waals surface area contributed by atoms with Crippen molar-refractivity contribution in [3.8, 4) is 22.6 Å². The number of fused-ring (bicyclic) bond motifs is 1. The summed E-state index contributed by atoms with van der Waals surface area (Å²) in [5, 5.41) is 10.1. The van der Waals surface area contributed by atoms with E-state index in [-0.39, 0.29) is 0 Å². The van der Waals surface area contributed by atoms with Crippen LogP contribution in [0, 0.1) is 0 Å². The van der Waals surface area contributed by atoms with Crippen molar-refractivity contribution >= 4 is 17.6 Å². The number of rotatable bonds is 4. The molecule has 3 N–H and O–H groups in total. The number of halogens is 1. The predicted molar refractivity (Wildman–Crippen MR) is 110 cm³/mol. The van der Waals surface area contributed by atoms with Crippen LogP contribution in [-0.2, 0) is 17.6 Å². The van der Waals surface area contributed by atoms with Gasteiger partial charge in [-0.25, -0.2) is 0 Å². The summed E-state index contributed by atoms with van der Waals surface area (Å²) < 4.78 is 6.17. The van der Waals surface area contributed by atoms with E-state index in [1.54, 1.807) is 0 Å². The molecular weight excluding hydrogens is 374 g/mol. The molecule has 0 aliphatic heterocycles. The number of carboxylic acids is 1. The Morgan fingerprint density at radius 3 is 2.46 bits per heavy atom. The summed E-state index contributed by atoms with van der Waals surface area (Å²) in [6, 6.07) is 21.1. The van der Waals surface area contributed by atoms with E-state index in [0.717, 1.165) is 22.3 Å². The molecule has 0 aromatic heterocycles. The number of carbonyl (C=O) groups is 1. The molecule has 4 nitrogen and oxygen atoms in total. The van der Waals surface area contributed by atoms with Crippen molar-refractivity contribution in [1.82, 2.24) is 0 Å². The summed E-state index contributed by atoms with van der Waals surface area (Å²) >= 11 is 6.36. The molecule has 0 bridgehead atoms. The summed E-state index contributed by atoms with van der Waals surface area (Å²) in [5.41, 5.74) is 8.69. The van der Waals surface area contributed by atoms with E-state index in [1.807, 2.05) is 66.7 Å². The minimum absolute atomic E-state index is 0.293. The zero-order valence-corrected chi connectivity index (χ0v) is 15.9. The molecule has 0 spiro atoms. The van der Waals surface area contributed by atoms with Crippen LogP contribution >= 0.6 is 11.6 Å². The lowest BCUT2D eigenvalue weighted by molar-refractivity contribution is -0.143. The Hall–Kier alpha value is -2.82. The molecule has 4 rings (SSSR count). The van der Waals surface area contributed by atoms with Crippen molar-refractivity contribution in [2.24, 2.45) is 5.73 Å². The Morgan fingerprint density at radius 1 is 1.00 bits per heavy atom. The van der Waals surface area contributed by atoms with Gasteiger partial charge in [0.2, 0.25) is 0 Å². The first-order valence-corrected chi connectivity index (χ1v) is 9.50. The van der Waals surface area contributed by atoms with Gasteiger partial charge in [-0.15, -0.1) is 0 Å². The highest BCUT2D eigenvalue weighted by atomic mass is 35.5. The Balaban J connectivity index is 1.67. The normalized spacial score (nSPS) is 18.4. The molecule has 3 aromatic rings. The van der Waals surface area contributed by atoms with Crippen LogP contribution in [0.1, 0.15) is 17.5 Å². The Labute approximate surface area is 168 Å². The van der Waals surface area contributed by atoms with Gasteiger partial charge >= 0.3 is 5.97 Å². The monoisotopic (exact) mass is 393 g/mol. The van der Waals surface area contributed by atoms with E-state index in [0.29, 0.717) is 35.8 Å². The number of hydrogen-bond acceptors (Lipinski definition) is 3. The summed E-state index contributed by atoms with van der Waals surface area (Å²) in [5.74, 6) is 0.366. The zero-order chi connectivity index (χ0) is 19.7. The zero-order valence-electron chi connectivity index (χ0n) is 15.2. The Kier molecular flexibility index (Phi) is 4.84. The summed E-state index contributed by atoms with van der Waals surface area (Å²) in [4.78, 5) is 11.5. The fraction of sp³-hybridized carbons (Fsp3) is 0.174. The molecule has 1 aliphatic rings. The van der Waals surface area contributed by atoms with E-state index in [9.17, 15) is 9.90 Å². The van der Waals surface area contributed by atoms with Gasteiger partial charge in [-0.1, -0.05) is 54.1 Å². The number of carboxylic acid groups (broad SMARTS) is 1. The molecule has 142 valence electrons. The summed E-state index contributed by atoms with van der Waals surface area (Å²) in [6.45, 7) is 0. The molecule has 0 saturated carbocycles. The lowest BCUT2D eigenvalue weighted by Crippen LogP contribution is -2.52. The number of aryl methyl sites for hydroxylation is 1. The molecule has 0 saturated heterocycles. The third-order valence-corrected chi connectivity index (χ3v) is 5.56. The van der Waals surface area contributed by atoms with Crippen molar-refractivity contribution in [2.75, 3.05) is 0 Å². The highest BCUT2D eigenvalue weighted by Crippen LogP contribution is 2.38. The maximum atomic E-state index is 11.5. The average Bonchev–Trinajstić information content (AvgIpc) is 2.69. The van der Waals surface area contributed by atoms with Crippen LogP contribution in [0.4, 0.5) is 0 Å². The second kappa shape index (κ2) is 7.30. The first-order valence-electron chi connectivity index (χ1n) is 9.12. The maximum Gasteiger partial charge on any atom is 0.324 e. The van der Waals surface area contributed by atoms with E-state index in [1.165, 1.54) is 0 Å². The minimum atomic E-state index is -1.22. The first-order chi connectivity index (χ1) is 13.5. The summed E-state index contributed by atoms with van der Waals surface area (Å²) in [6.07, 6.45) is 1.38. The van der Waals surface area contributed by atoms with Crippen LogP contribution in [0.25, 0.3) is 11.1 Å². The van der Waals surface area contributed by atoms with Crippen LogP contribution in [0.2, 0.25) is 5.02 Å². The average molecular weight is 394 g/mol. The van der Waals surface area contributed by atoms with Gasteiger partial charge in [0.15, 0.2) is 0 Å². The molecule has 0 amide bonds. The van der Waals surface area contributed by atoms with Gasteiger partial charge in [0.25, 0.3) is 0 Å². The van der Waals surface area contributed by atoms with Gasteiger partial charge < -0.3 is 15.6 Å². The lowest BCUT2D eigenvalue weighted by Gasteiger charge is -2.31. The van der Waals surface area contributed by atoms with Crippen molar-refractivity contribution in [2.45, 2.75) is 24.8 Å². The van der Waals surface area contributed by atoms with Crippen LogP contribution in [0.3, 0.4) is 0 Å². The van der Waals surface area contributed by atoms with Gasteiger partial charge in [0.1, 0.15) is 17.0 Å². The van der Waals surface area contributed by atoms with Gasteiger partial charge in [-0.2, -0.15) is 0 Å². The summed E-state index contributed by atoms with van der Waals surface area (Å²) in [7, 11) is 0. The SMILES string of the molecule is NC1(C(=O)O)CCc2ccc(Oc3ccccc3-c3ccccc3Cl)cc2C1. The molecule has 0 radical (unpaired) electrons. The molecule has 3 aromatic carbocycles. The Morgan fingerprint density at radius 2 is 1.71 bits per heavy atom. The van der Waals surface area contributed by atoms with Crippen LogP contribution < -0.4 is 10.5 Å². The second-order valence-corrected chi connectivity index (χ2v) is 7.55. The smallest absolute Gasteiger partial charge is 0.324 e. The number of nitrogens with two attached hydrogens (primary N) is 1. The van der Waals surface area contributed by atoms with Crippen LogP contribution in [-0.4, -0.2) is 16.6 Å². The van der Waals surface area contributed by atoms with Gasteiger partial charge in [-0.3, -0.25) is 4.79 Å². The topological polar surface area (TPSA) is 72.6 Å². The van der Waals surface area contributed by atoms with Crippen molar-refractivity contribution in [1.29, 1.82) is 0 Å². The maximum absolute atomic E-state index is 11.5. The van der Waals surface area contributed by atoms with Crippen molar-refractivity contribution in [3.63, 3.8) is 0 Å². The third-order valence-electron chi connectivity index (χ3n) is 5.23. The highest BCUT2D eigenvalue weighted by Gasteiger charge is 2.37. The standard InChI is InChI=1S/C23H20ClNO3/c24-20-7-3-1-5-18(20)19-6-2-4-8-21(19)28-17-10-9-15-11-12-23(25,22(26)27)14-16(15)13-17/h1-10,13H,11-12,14,25H2,(H,26,27). The number of benzene rings is 3. The lowest BCUT2D eigenvalue weighted by atomic mass is 9.78. The second-order valence-electron chi connectivity index (χ2n) is 7.15. The van der Waals surface area contributed by atoms with E-state index >= 15 is 0 Å². The quantitative estimate of drug-likeness (QED) is 0.649. The fourth-order valence-electron chi connectivity index (χ4n) is 3.63. The van der Waals surface area contributed by atoms with Gasteiger partial charge in [0.05, 0.1) is 0 Å².